The fourth-order valence-corrected chi connectivity index (χ4v) is 1.70. The van der Waals surface area contributed by atoms with Crippen molar-refractivity contribution in [2.45, 2.75) is 6.92 Å². The van der Waals surface area contributed by atoms with Crippen LogP contribution in [0.15, 0.2) is 30.6 Å². The van der Waals surface area contributed by atoms with Gasteiger partial charge in [-0.3, -0.25) is 0 Å². The zero-order valence-electron chi connectivity index (χ0n) is 10.3. The molecule has 96 valence electrons. The Morgan fingerprint density at radius 1 is 1.26 bits per heavy atom. The molecular weight excluding hydrogens is 262 g/mol. The molecule has 1 heterocycles. The van der Waals surface area contributed by atoms with Crippen molar-refractivity contribution in [3.63, 3.8) is 0 Å². The van der Waals surface area contributed by atoms with E-state index in [1.54, 1.807) is 24.3 Å². The average Bonchev–Trinajstić information content (AvgIpc) is 2.42. The molecule has 5 nitrogen and oxygen atoms in total. The molecule has 0 fully saturated rings. The Labute approximate surface area is 116 Å². The number of hydrogen-bond acceptors (Lipinski definition) is 5. The van der Waals surface area contributed by atoms with Gasteiger partial charge >= 0.3 is 0 Å². The Morgan fingerprint density at radius 2 is 2.05 bits per heavy atom. The standard InChI is InChI=1S/C13H12ClN5/c1-2-16-12-6-13(18-8-17-12)19-11-5-9(7-15)3-4-10(11)14/h3-6,8H,2H2,1H3,(H2,16,17,18,19). The number of aromatic nitrogens is 2. The minimum Gasteiger partial charge on any atom is -0.370 e. The summed E-state index contributed by atoms with van der Waals surface area (Å²) in [5.74, 6) is 1.34. The van der Waals surface area contributed by atoms with Gasteiger partial charge in [0.1, 0.15) is 18.0 Å². The Bertz CT molecular complexity index is 621. The summed E-state index contributed by atoms with van der Waals surface area (Å²) >= 11 is 6.07. The minimum absolute atomic E-state index is 0.530. The van der Waals surface area contributed by atoms with Crippen molar-refractivity contribution in [1.82, 2.24) is 9.97 Å². The lowest BCUT2D eigenvalue weighted by molar-refractivity contribution is 1.11. The molecule has 0 aliphatic carbocycles. The predicted molar refractivity (Wildman–Crippen MR) is 75.6 cm³/mol. The summed E-state index contributed by atoms with van der Waals surface area (Å²) in [4.78, 5) is 8.19. The minimum atomic E-state index is 0.530. The summed E-state index contributed by atoms with van der Waals surface area (Å²) in [6.07, 6.45) is 1.46. The first-order chi connectivity index (χ1) is 9.22. The van der Waals surface area contributed by atoms with Crippen LogP contribution in [0, 0.1) is 11.3 Å². The monoisotopic (exact) mass is 273 g/mol. The molecular formula is C13H12ClN5. The van der Waals surface area contributed by atoms with Crippen molar-refractivity contribution in [3.05, 3.63) is 41.2 Å². The summed E-state index contributed by atoms with van der Waals surface area (Å²) in [7, 11) is 0. The highest BCUT2D eigenvalue weighted by Gasteiger charge is 2.04. The Morgan fingerprint density at radius 3 is 2.79 bits per heavy atom. The number of anilines is 3. The van der Waals surface area contributed by atoms with E-state index >= 15 is 0 Å². The molecule has 2 aromatic rings. The molecule has 0 radical (unpaired) electrons. The van der Waals surface area contributed by atoms with Gasteiger partial charge in [-0.2, -0.15) is 5.26 Å². The van der Waals surface area contributed by atoms with Crippen LogP contribution in [0.25, 0.3) is 0 Å². The number of halogens is 1. The SMILES string of the molecule is CCNc1cc(Nc2cc(C#N)ccc2Cl)ncn1. The number of benzene rings is 1. The second-order valence-corrected chi connectivity index (χ2v) is 4.16. The first kappa shape index (κ1) is 13.1. The summed E-state index contributed by atoms with van der Waals surface area (Å²) < 4.78 is 0. The van der Waals surface area contributed by atoms with E-state index in [1.165, 1.54) is 6.33 Å². The molecule has 0 spiro atoms. The zero-order valence-corrected chi connectivity index (χ0v) is 11.1. The molecule has 0 amide bonds. The van der Waals surface area contributed by atoms with Crippen LogP contribution >= 0.6 is 11.6 Å². The predicted octanol–water partition coefficient (Wildman–Crippen LogP) is 3.18. The lowest BCUT2D eigenvalue weighted by atomic mass is 10.2. The van der Waals surface area contributed by atoms with Gasteiger partial charge in [0.05, 0.1) is 22.3 Å². The van der Waals surface area contributed by atoms with Crippen molar-refractivity contribution in [3.8, 4) is 6.07 Å². The lowest BCUT2D eigenvalue weighted by Gasteiger charge is -2.09. The van der Waals surface area contributed by atoms with Crippen LogP contribution in [-0.4, -0.2) is 16.5 Å². The number of rotatable bonds is 4. The third kappa shape index (κ3) is 3.33. The average molecular weight is 274 g/mol. The highest BCUT2D eigenvalue weighted by molar-refractivity contribution is 6.33. The number of nitrogens with one attached hydrogen (secondary N) is 2. The van der Waals surface area contributed by atoms with Crippen LogP contribution in [0.3, 0.4) is 0 Å². The molecule has 0 bridgehead atoms. The maximum absolute atomic E-state index is 8.88. The van der Waals surface area contributed by atoms with E-state index in [0.29, 0.717) is 22.1 Å². The Kier molecular flexibility index (Phi) is 4.16. The topological polar surface area (TPSA) is 73.6 Å². The molecule has 0 saturated heterocycles. The molecule has 1 aromatic carbocycles. The third-order valence-corrected chi connectivity index (χ3v) is 2.71. The molecule has 6 heteroatoms. The van der Waals surface area contributed by atoms with Crippen molar-refractivity contribution in [2.75, 3.05) is 17.2 Å². The summed E-state index contributed by atoms with van der Waals surface area (Å²) in [5.41, 5.74) is 1.18. The van der Waals surface area contributed by atoms with Crippen LogP contribution in [-0.2, 0) is 0 Å². The van der Waals surface area contributed by atoms with Gasteiger partial charge in [-0.15, -0.1) is 0 Å². The number of nitrogens with zero attached hydrogens (tertiary/aromatic N) is 3. The van der Waals surface area contributed by atoms with E-state index in [1.807, 2.05) is 6.92 Å². The van der Waals surface area contributed by atoms with E-state index in [-0.39, 0.29) is 0 Å². The quantitative estimate of drug-likeness (QED) is 0.895. The van der Waals surface area contributed by atoms with Gasteiger partial charge in [0.25, 0.3) is 0 Å². The van der Waals surface area contributed by atoms with E-state index < -0.39 is 0 Å². The van der Waals surface area contributed by atoms with Gasteiger partial charge in [0, 0.05) is 12.6 Å². The molecule has 0 saturated carbocycles. The lowest BCUT2D eigenvalue weighted by Crippen LogP contribution is -2.01. The summed E-state index contributed by atoms with van der Waals surface area (Å²) in [6, 6.07) is 8.86. The van der Waals surface area contributed by atoms with Gasteiger partial charge < -0.3 is 10.6 Å². The van der Waals surface area contributed by atoms with Gasteiger partial charge in [-0.1, -0.05) is 11.6 Å². The molecule has 19 heavy (non-hydrogen) atoms. The van der Waals surface area contributed by atoms with Gasteiger partial charge in [-0.25, -0.2) is 9.97 Å². The Hall–Kier alpha value is -2.32. The van der Waals surface area contributed by atoms with E-state index in [0.717, 1.165) is 12.4 Å². The Balaban J connectivity index is 2.26. The van der Waals surface area contributed by atoms with Crippen LogP contribution < -0.4 is 10.6 Å². The zero-order chi connectivity index (χ0) is 13.7. The number of nitriles is 1. The fourth-order valence-electron chi connectivity index (χ4n) is 1.53. The van der Waals surface area contributed by atoms with Gasteiger partial charge in [-0.05, 0) is 25.1 Å². The molecule has 1 aromatic heterocycles. The highest BCUT2D eigenvalue weighted by atomic mass is 35.5. The number of hydrogen-bond donors (Lipinski definition) is 2. The van der Waals surface area contributed by atoms with Crippen molar-refractivity contribution in [1.29, 1.82) is 5.26 Å². The normalized spacial score (nSPS) is 9.74. The summed E-state index contributed by atoms with van der Waals surface area (Å²) in [6.45, 7) is 2.77. The van der Waals surface area contributed by atoms with E-state index in [2.05, 4.69) is 26.7 Å². The van der Waals surface area contributed by atoms with Crippen molar-refractivity contribution < 1.29 is 0 Å². The van der Waals surface area contributed by atoms with E-state index in [9.17, 15) is 0 Å². The van der Waals surface area contributed by atoms with Crippen molar-refractivity contribution >= 4 is 28.9 Å². The maximum atomic E-state index is 8.88. The molecule has 0 aliphatic rings. The largest absolute Gasteiger partial charge is 0.370 e. The van der Waals surface area contributed by atoms with Crippen LogP contribution in [0.5, 0.6) is 0 Å². The molecule has 0 atom stereocenters. The fraction of sp³-hybridized carbons (Fsp3) is 0.154. The van der Waals surface area contributed by atoms with Crippen molar-refractivity contribution in [2.24, 2.45) is 0 Å². The third-order valence-electron chi connectivity index (χ3n) is 2.38. The van der Waals surface area contributed by atoms with Crippen LogP contribution in [0.2, 0.25) is 5.02 Å². The van der Waals surface area contributed by atoms with E-state index in [4.69, 9.17) is 16.9 Å². The second-order valence-electron chi connectivity index (χ2n) is 3.75. The van der Waals surface area contributed by atoms with Crippen LogP contribution in [0.4, 0.5) is 17.3 Å². The van der Waals surface area contributed by atoms with Gasteiger partial charge in [0.2, 0.25) is 0 Å². The first-order valence-electron chi connectivity index (χ1n) is 5.75. The molecule has 0 aliphatic heterocycles. The first-order valence-corrected chi connectivity index (χ1v) is 6.13. The highest BCUT2D eigenvalue weighted by Crippen LogP contribution is 2.26. The molecule has 2 rings (SSSR count). The van der Waals surface area contributed by atoms with Gasteiger partial charge in [0.15, 0.2) is 0 Å². The van der Waals surface area contributed by atoms with Crippen LogP contribution in [0.1, 0.15) is 12.5 Å². The molecule has 2 N–H and O–H groups in total. The summed E-state index contributed by atoms with van der Waals surface area (Å²) in [5, 5.41) is 15.6. The second kappa shape index (κ2) is 6.03. The smallest absolute Gasteiger partial charge is 0.135 e. The molecule has 0 unspecified atom stereocenters. The maximum Gasteiger partial charge on any atom is 0.135 e.